The van der Waals surface area contributed by atoms with E-state index in [1.165, 1.54) is 5.57 Å². The van der Waals surface area contributed by atoms with Gasteiger partial charge in [0.05, 0.1) is 11.4 Å². The first-order valence-electron chi connectivity index (χ1n) is 8.21. The molecule has 2 rings (SSSR count). The molecule has 0 unspecified atom stereocenters. The highest BCUT2D eigenvalue weighted by Crippen LogP contribution is 2.32. The van der Waals surface area contributed by atoms with Crippen LogP contribution < -0.4 is 5.73 Å². The Morgan fingerprint density at radius 1 is 1.24 bits per heavy atom. The predicted molar refractivity (Wildman–Crippen MR) is 109 cm³/mol. The third-order valence-electron chi connectivity index (χ3n) is 4.31. The molecule has 1 aromatic carbocycles. The molecular weight excluding hydrogens is 351 g/mol. The van der Waals surface area contributed by atoms with Gasteiger partial charge in [-0.1, -0.05) is 49.4 Å². The highest BCUT2D eigenvalue weighted by Gasteiger charge is 2.19. The SMILES string of the molecule is C=C(CCl)/C(C1=CN(Cc2ccc(Cl)cc2)C(=C)C(N)=C1)=C(/C)CC. The molecule has 2 N–H and O–H groups in total. The lowest BCUT2D eigenvalue weighted by Crippen LogP contribution is -2.24. The largest absolute Gasteiger partial charge is 0.397 e. The summed E-state index contributed by atoms with van der Waals surface area (Å²) in [6.45, 7) is 13.1. The highest BCUT2D eigenvalue weighted by atomic mass is 35.5. The third kappa shape index (κ3) is 4.59. The van der Waals surface area contributed by atoms with Crippen LogP contribution in [0.5, 0.6) is 0 Å². The maximum Gasteiger partial charge on any atom is 0.0570 e. The van der Waals surface area contributed by atoms with E-state index in [4.69, 9.17) is 28.9 Å². The van der Waals surface area contributed by atoms with Crippen LogP contribution >= 0.6 is 23.2 Å². The molecule has 0 aliphatic carbocycles. The number of alkyl halides is 1. The fourth-order valence-electron chi connectivity index (χ4n) is 2.76. The molecule has 1 aliphatic rings. The van der Waals surface area contributed by atoms with Gasteiger partial charge in [0, 0.05) is 29.2 Å². The second-order valence-electron chi connectivity index (χ2n) is 6.13. The van der Waals surface area contributed by atoms with Gasteiger partial charge >= 0.3 is 0 Å². The molecule has 0 saturated carbocycles. The van der Waals surface area contributed by atoms with Crippen molar-refractivity contribution in [1.29, 1.82) is 0 Å². The number of hydrogen-bond donors (Lipinski definition) is 1. The Hall–Kier alpha value is -1.90. The van der Waals surface area contributed by atoms with E-state index >= 15 is 0 Å². The lowest BCUT2D eigenvalue weighted by Gasteiger charge is -2.29. The van der Waals surface area contributed by atoms with E-state index in [-0.39, 0.29) is 0 Å². The van der Waals surface area contributed by atoms with Gasteiger partial charge in [0.15, 0.2) is 0 Å². The maximum atomic E-state index is 6.23. The maximum absolute atomic E-state index is 6.23. The highest BCUT2D eigenvalue weighted by molar-refractivity contribution is 6.30. The van der Waals surface area contributed by atoms with Crippen LogP contribution in [0.4, 0.5) is 0 Å². The molecule has 1 heterocycles. The summed E-state index contributed by atoms with van der Waals surface area (Å²) in [6, 6.07) is 7.78. The molecular formula is C21H24Cl2N2. The van der Waals surface area contributed by atoms with E-state index in [9.17, 15) is 0 Å². The van der Waals surface area contributed by atoms with Crippen LogP contribution in [0.25, 0.3) is 0 Å². The van der Waals surface area contributed by atoms with Gasteiger partial charge in [0.25, 0.3) is 0 Å². The Balaban J connectivity index is 2.41. The molecule has 0 radical (unpaired) electrons. The summed E-state index contributed by atoms with van der Waals surface area (Å²) in [5.74, 6) is 0.385. The molecule has 0 saturated heterocycles. The second kappa shape index (κ2) is 8.46. The molecule has 0 aromatic heterocycles. The Kier molecular flexibility index (Phi) is 6.57. The van der Waals surface area contributed by atoms with E-state index in [0.717, 1.165) is 39.4 Å². The Morgan fingerprint density at radius 2 is 1.88 bits per heavy atom. The van der Waals surface area contributed by atoms with E-state index in [1.54, 1.807) is 0 Å². The Bertz CT molecular complexity index is 768. The third-order valence-corrected chi connectivity index (χ3v) is 4.89. The topological polar surface area (TPSA) is 29.3 Å². The van der Waals surface area contributed by atoms with Gasteiger partial charge < -0.3 is 10.6 Å². The van der Waals surface area contributed by atoms with Crippen molar-refractivity contribution in [3.8, 4) is 0 Å². The molecule has 1 aromatic rings. The van der Waals surface area contributed by atoms with Crippen molar-refractivity contribution >= 4 is 23.2 Å². The van der Waals surface area contributed by atoms with Crippen molar-refractivity contribution in [2.75, 3.05) is 5.88 Å². The van der Waals surface area contributed by atoms with Crippen LogP contribution in [0.1, 0.15) is 25.8 Å². The summed E-state index contributed by atoms with van der Waals surface area (Å²) in [6.07, 6.45) is 4.95. The van der Waals surface area contributed by atoms with Crippen LogP contribution in [0.2, 0.25) is 5.02 Å². The minimum atomic E-state index is 0.385. The van der Waals surface area contributed by atoms with Crippen molar-refractivity contribution in [2.45, 2.75) is 26.8 Å². The molecule has 132 valence electrons. The number of nitrogens with two attached hydrogens (primary N) is 1. The zero-order valence-electron chi connectivity index (χ0n) is 14.8. The summed E-state index contributed by atoms with van der Waals surface area (Å²) in [5, 5.41) is 0.721. The van der Waals surface area contributed by atoms with Crippen LogP contribution in [-0.2, 0) is 6.54 Å². The van der Waals surface area contributed by atoms with E-state index < -0.39 is 0 Å². The zero-order valence-corrected chi connectivity index (χ0v) is 16.3. The summed E-state index contributed by atoms with van der Waals surface area (Å²) >= 11 is 12.0. The summed E-state index contributed by atoms with van der Waals surface area (Å²) < 4.78 is 0. The summed E-state index contributed by atoms with van der Waals surface area (Å²) in [5.41, 5.74) is 13.0. The van der Waals surface area contributed by atoms with Crippen molar-refractivity contribution < 1.29 is 0 Å². The van der Waals surface area contributed by atoms with Crippen molar-refractivity contribution in [3.05, 3.63) is 94.0 Å². The van der Waals surface area contributed by atoms with Gasteiger partial charge in [-0.15, -0.1) is 11.6 Å². The number of hydrogen-bond acceptors (Lipinski definition) is 2. The molecule has 0 fully saturated rings. The number of allylic oxidation sites excluding steroid dienone is 5. The van der Waals surface area contributed by atoms with Crippen molar-refractivity contribution in [1.82, 2.24) is 4.90 Å². The average molecular weight is 375 g/mol. The minimum Gasteiger partial charge on any atom is -0.397 e. The quantitative estimate of drug-likeness (QED) is 0.494. The van der Waals surface area contributed by atoms with Crippen molar-refractivity contribution in [3.63, 3.8) is 0 Å². The van der Waals surface area contributed by atoms with Gasteiger partial charge in [-0.2, -0.15) is 0 Å². The second-order valence-corrected chi connectivity index (χ2v) is 6.83. The lowest BCUT2D eigenvalue weighted by atomic mass is 9.92. The van der Waals surface area contributed by atoms with Crippen LogP contribution in [-0.4, -0.2) is 10.8 Å². The molecule has 2 nitrogen and oxygen atoms in total. The molecule has 0 bridgehead atoms. The van der Waals surface area contributed by atoms with Crippen LogP contribution in [0, 0.1) is 0 Å². The number of halogens is 2. The lowest BCUT2D eigenvalue weighted by molar-refractivity contribution is 0.460. The predicted octanol–water partition coefficient (Wildman–Crippen LogP) is 5.92. The molecule has 0 spiro atoms. The molecule has 0 amide bonds. The standard InChI is InChI=1S/C21H24Cl2N2/c1-5-14(2)21(15(3)11-22)18-10-20(24)16(4)25(13-18)12-17-6-8-19(23)9-7-17/h6-10,13H,3-5,11-12,24H2,1-2H3/b21-14+. The minimum absolute atomic E-state index is 0.385. The number of nitrogens with zero attached hydrogens (tertiary/aromatic N) is 1. The average Bonchev–Trinajstić information content (AvgIpc) is 2.60. The van der Waals surface area contributed by atoms with Gasteiger partial charge in [0.2, 0.25) is 0 Å². The number of benzene rings is 1. The molecule has 25 heavy (non-hydrogen) atoms. The fourth-order valence-corrected chi connectivity index (χ4v) is 3.02. The number of rotatable bonds is 6. The van der Waals surface area contributed by atoms with E-state index in [1.807, 2.05) is 30.3 Å². The van der Waals surface area contributed by atoms with Crippen LogP contribution in [0.15, 0.2) is 83.4 Å². The molecule has 0 atom stereocenters. The van der Waals surface area contributed by atoms with Gasteiger partial charge in [-0.3, -0.25) is 0 Å². The summed E-state index contributed by atoms with van der Waals surface area (Å²) in [7, 11) is 0. The first-order chi connectivity index (χ1) is 11.9. The molecule has 1 aliphatic heterocycles. The Morgan fingerprint density at radius 3 is 2.44 bits per heavy atom. The normalized spacial score (nSPS) is 15.5. The first kappa shape index (κ1) is 19.4. The van der Waals surface area contributed by atoms with Crippen LogP contribution in [0.3, 0.4) is 0 Å². The summed E-state index contributed by atoms with van der Waals surface area (Å²) in [4.78, 5) is 2.05. The zero-order chi connectivity index (χ0) is 18.6. The molecule has 4 heteroatoms. The van der Waals surface area contributed by atoms with E-state index in [0.29, 0.717) is 18.1 Å². The van der Waals surface area contributed by atoms with Crippen molar-refractivity contribution in [2.24, 2.45) is 5.73 Å². The van der Waals surface area contributed by atoms with Gasteiger partial charge in [-0.05, 0) is 48.3 Å². The van der Waals surface area contributed by atoms with Gasteiger partial charge in [0.1, 0.15) is 0 Å². The van der Waals surface area contributed by atoms with Gasteiger partial charge in [-0.25, -0.2) is 0 Å². The Labute approximate surface area is 160 Å². The first-order valence-corrected chi connectivity index (χ1v) is 9.12. The fraction of sp³-hybridized carbons (Fsp3) is 0.238. The smallest absolute Gasteiger partial charge is 0.0570 e. The monoisotopic (exact) mass is 374 g/mol. The van der Waals surface area contributed by atoms with E-state index in [2.05, 4.69) is 38.1 Å².